The van der Waals surface area contributed by atoms with Gasteiger partial charge in [0.15, 0.2) is 8.90 Å². The Morgan fingerprint density at radius 1 is 1.62 bits per heavy atom. The highest BCUT2D eigenvalue weighted by molar-refractivity contribution is 7.80. The zero-order valence-electron chi connectivity index (χ0n) is 6.52. The molecule has 1 aliphatic rings. The van der Waals surface area contributed by atoms with Crippen LogP contribution in [-0.2, 0) is 4.79 Å². The molecule has 0 aromatic heterocycles. The first-order valence-corrected chi connectivity index (χ1v) is 5.09. The maximum atomic E-state index is 11.4. The molecule has 0 aromatic carbocycles. The highest BCUT2D eigenvalue weighted by atomic mass is 35.6. The van der Waals surface area contributed by atoms with Crippen LogP contribution in [0.2, 0.25) is 0 Å². The number of hydrogen-bond acceptors (Lipinski definition) is 2. The Hall–Kier alpha value is 0.230. The van der Waals surface area contributed by atoms with Crippen LogP contribution in [0.5, 0.6) is 0 Å². The van der Waals surface area contributed by atoms with Gasteiger partial charge in [-0.05, 0) is 12.2 Å². The Balaban J connectivity index is 2.53. The van der Waals surface area contributed by atoms with Gasteiger partial charge in [0.1, 0.15) is 0 Å². The second-order valence-electron chi connectivity index (χ2n) is 2.57. The van der Waals surface area contributed by atoms with Gasteiger partial charge in [-0.1, -0.05) is 34.8 Å². The minimum absolute atomic E-state index is 0.153. The Kier molecular flexibility index (Phi) is 3.63. The number of amides is 1. The summed E-state index contributed by atoms with van der Waals surface area (Å²) in [5.74, 6) is -0.269. The van der Waals surface area contributed by atoms with Crippen LogP contribution in [0.15, 0.2) is 0 Å². The van der Waals surface area contributed by atoms with Crippen LogP contribution in [0.25, 0.3) is 0 Å². The quantitative estimate of drug-likeness (QED) is 0.573. The van der Waals surface area contributed by atoms with Gasteiger partial charge in [0, 0.05) is 13.1 Å². The van der Waals surface area contributed by atoms with E-state index in [9.17, 15) is 4.79 Å². The summed E-state index contributed by atoms with van der Waals surface area (Å²) < 4.78 is -1.55. The highest BCUT2D eigenvalue weighted by Crippen LogP contribution is 2.30. The second kappa shape index (κ2) is 4.17. The number of rotatable bonds is 1. The van der Waals surface area contributed by atoms with Crippen LogP contribution < -0.4 is 5.32 Å². The van der Waals surface area contributed by atoms with Crippen LogP contribution in [0, 0.1) is 0 Å². The van der Waals surface area contributed by atoms with Crippen LogP contribution in [-0.4, -0.2) is 32.8 Å². The number of thiocarbonyl (C=S) groups is 1. The molecule has 74 valence electrons. The number of nitrogens with zero attached hydrogens (tertiary/aromatic N) is 1. The van der Waals surface area contributed by atoms with Crippen molar-refractivity contribution in [1.82, 2.24) is 10.2 Å². The molecule has 1 heterocycles. The van der Waals surface area contributed by atoms with Gasteiger partial charge in [-0.25, -0.2) is 0 Å². The molecule has 0 spiro atoms. The average Bonchev–Trinajstić information content (AvgIpc) is 2.30. The maximum absolute atomic E-state index is 11.4. The summed E-state index contributed by atoms with van der Waals surface area (Å²) in [5.41, 5.74) is 0. The summed E-state index contributed by atoms with van der Waals surface area (Å²) in [5, 5.41) is 3.25. The lowest BCUT2D eigenvalue weighted by Crippen LogP contribution is -2.35. The van der Waals surface area contributed by atoms with Gasteiger partial charge in [-0.2, -0.15) is 0 Å². The summed E-state index contributed by atoms with van der Waals surface area (Å²) in [7, 11) is 0. The number of carbonyl (C=O) groups excluding carboxylic acids is 1. The molecule has 0 atom stereocenters. The van der Waals surface area contributed by atoms with E-state index in [0.29, 0.717) is 18.2 Å². The van der Waals surface area contributed by atoms with Gasteiger partial charge >= 0.3 is 0 Å². The van der Waals surface area contributed by atoms with E-state index in [4.69, 9.17) is 47.0 Å². The van der Waals surface area contributed by atoms with E-state index >= 15 is 0 Å². The molecule has 0 bridgehead atoms. The highest BCUT2D eigenvalue weighted by Gasteiger charge is 2.30. The fourth-order valence-corrected chi connectivity index (χ4v) is 1.61. The molecule has 7 heteroatoms. The zero-order valence-corrected chi connectivity index (χ0v) is 9.60. The third-order valence-corrected chi connectivity index (χ3v) is 2.28. The molecule has 1 fully saturated rings. The fourth-order valence-electron chi connectivity index (χ4n) is 0.976. The van der Waals surface area contributed by atoms with E-state index in [1.165, 1.54) is 4.90 Å². The molecule has 1 N–H and O–H groups in total. The third-order valence-electron chi connectivity index (χ3n) is 1.51. The van der Waals surface area contributed by atoms with Crippen molar-refractivity contribution in [1.29, 1.82) is 0 Å². The Labute approximate surface area is 96.3 Å². The third kappa shape index (κ3) is 3.46. The molecule has 1 rings (SSSR count). The van der Waals surface area contributed by atoms with Crippen LogP contribution in [0.4, 0.5) is 0 Å². The van der Waals surface area contributed by atoms with E-state index < -0.39 is 3.79 Å². The van der Waals surface area contributed by atoms with E-state index in [0.717, 1.165) is 0 Å². The molecule has 13 heavy (non-hydrogen) atoms. The van der Waals surface area contributed by atoms with E-state index in [1.54, 1.807) is 0 Å². The minimum Gasteiger partial charge on any atom is -0.360 e. The maximum Gasteiger partial charge on any atom is 0.233 e. The zero-order chi connectivity index (χ0) is 10.1. The van der Waals surface area contributed by atoms with Gasteiger partial charge < -0.3 is 5.32 Å². The lowest BCUT2D eigenvalue weighted by Gasteiger charge is -2.17. The van der Waals surface area contributed by atoms with Crippen molar-refractivity contribution in [2.45, 2.75) is 10.2 Å². The van der Waals surface area contributed by atoms with E-state index in [1.807, 2.05) is 0 Å². The van der Waals surface area contributed by atoms with E-state index in [-0.39, 0.29) is 12.3 Å². The topological polar surface area (TPSA) is 32.3 Å². The molecule has 1 amide bonds. The van der Waals surface area contributed by atoms with Crippen molar-refractivity contribution in [3.05, 3.63) is 0 Å². The first-order valence-electron chi connectivity index (χ1n) is 3.55. The predicted molar refractivity (Wildman–Crippen MR) is 57.2 cm³/mol. The lowest BCUT2D eigenvalue weighted by molar-refractivity contribution is -0.126. The smallest absolute Gasteiger partial charge is 0.233 e. The standard InChI is InChI=1S/C6H7Cl3N2OS/c7-6(8,9)3-4(12)11-2-1-10-5(11)13/h1-3H2,(H,10,13). The summed E-state index contributed by atoms with van der Waals surface area (Å²) in [6, 6.07) is 0. The lowest BCUT2D eigenvalue weighted by atomic mass is 10.4. The van der Waals surface area contributed by atoms with Gasteiger partial charge in [0.25, 0.3) is 0 Å². The molecule has 0 unspecified atom stereocenters. The molecule has 1 aliphatic heterocycles. The molecular weight excluding hydrogens is 255 g/mol. The number of carbonyl (C=O) groups is 1. The van der Waals surface area contributed by atoms with Crippen LogP contribution in [0.3, 0.4) is 0 Å². The molecule has 1 saturated heterocycles. The molecular formula is C6H7Cl3N2OS. The summed E-state index contributed by atoms with van der Waals surface area (Å²) in [6.45, 7) is 1.20. The molecule has 3 nitrogen and oxygen atoms in total. The minimum atomic E-state index is -1.55. The fraction of sp³-hybridized carbons (Fsp3) is 0.667. The summed E-state index contributed by atoms with van der Waals surface area (Å²) in [4.78, 5) is 12.8. The van der Waals surface area contributed by atoms with Crippen molar-refractivity contribution < 1.29 is 4.79 Å². The summed E-state index contributed by atoms with van der Waals surface area (Å²) in [6.07, 6.45) is -0.153. The Morgan fingerprint density at radius 3 is 2.62 bits per heavy atom. The molecule has 0 radical (unpaired) electrons. The summed E-state index contributed by atoms with van der Waals surface area (Å²) >= 11 is 21.3. The number of nitrogens with one attached hydrogen (secondary N) is 1. The van der Waals surface area contributed by atoms with Crippen molar-refractivity contribution in [2.24, 2.45) is 0 Å². The number of alkyl halides is 3. The van der Waals surface area contributed by atoms with Crippen LogP contribution in [0.1, 0.15) is 6.42 Å². The van der Waals surface area contributed by atoms with Gasteiger partial charge in [-0.3, -0.25) is 9.69 Å². The molecule has 0 saturated carbocycles. The Morgan fingerprint density at radius 2 is 2.23 bits per heavy atom. The van der Waals surface area contributed by atoms with Gasteiger partial charge in [0.2, 0.25) is 5.91 Å². The first-order chi connectivity index (χ1) is 5.90. The monoisotopic (exact) mass is 260 g/mol. The largest absolute Gasteiger partial charge is 0.360 e. The van der Waals surface area contributed by atoms with Crippen molar-refractivity contribution in [3.8, 4) is 0 Å². The predicted octanol–water partition coefficient (Wildman–Crippen LogP) is 1.46. The van der Waals surface area contributed by atoms with Crippen molar-refractivity contribution in [2.75, 3.05) is 13.1 Å². The second-order valence-corrected chi connectivity index (χ2v) is 5.47. The number of hydrogen-bond donors (Lipinski definition) is 1. The Bertz CT molecular complexity index is 241. The molecule has 0 aromatic rings. The van der Waals surface area contributed by atoms with Crippen LogP contribution >= 0.6 is 47.0 Å². The van der Waals surface area contributed by atoms with Gasteiger partial charge in [0.05, 0.1) is 6.42 Å². The van der Waals surface area contributed by atoms with Gasteiger partial charge in [-0.15, -0.1) is 0 Å². The first kappa shape index (κ1) is 11.3. The average molecular weight is 262 g/mol. The van der Waals surface area contributed by atoms with E-state index in [2.05, 4.69) is 5.32 Å². The number of halogens is 3. The van der Waals surface area contributed by atoms with Crippen molar-refractivity contribution in [3.63, 3.8) is 0 Å². The SMILES string of the molecule is O=C(CC(Cl)(Cl)Cl)N1CCNC1=S. The normalized spacial score (nSPS) is 17.5. The van der Waals surface area contributed by atoms with Crippen molar-refractivity contribution >= 4 is 58.0 Å². The molecule has 0 aliphatic carbocycles.